The van der Waals surface area contributed by atoms with Crippen molar-refractivity contribution < 1.29 is 9.84 Å². The molecule has 1 unspecified atom stereocenters. The minimum absolute atomic E-state index is 0.0814. The van der Waals surface area contributed by atoms with E-state index in [2.05, 4.69) is 85.6 Å². The normalized spacial score (nSPS) is 14.1. The average molecular weight is 549 g/mol. The van der Waals surface area contributed by atoms with Gasteiger partial charge in [-0.05, 0) is 80.6 Å². The molecule has 5 rings (SSSR count). The number of nitrogens with one attached hydrogen (secondary N) is 1. The quantitative estimate of drug-likeness (QED) is 0.172. The molecule has 1 aliphatic heterocycles. The Bertz CT molecular complexity index is 1460. The number of hydrogen-bond acceptors (Lipinski definition) is 4. The zero-order chi connectivity index (χ0) is 29.0. The summed E-state index contributed by atoms with van der Waals surface area (Å²) in [6.45, 7) is 12.4. The Balaban J connectivity index is 1.65. The molecule has 4 aromatic rings. The lowest BCUT2D eigenvalue weighted by molar-refractivity contribution is 0.0775. The van der Waals surface area contributed by atoms with E-state index >= 15 is 0 Å². The SMILES string of the molecule is CCCCN(CCCC)c1ccc2c(c1)Oc1cc(C)c(Nc3ccccc3)cc1C2c1ccccc1C(C)(C)O. The highest BCUT2D eigenvalue weighted by molar-refractivity contribution is 5.71. The summed E-state index contributed by atoms with van der Waals surface area (Å²) in [5, 5.41) is 14.8. The summed E-state index contributed by atoms with van der Waals surface area (Å²) in [7, 11) is 0. The summed E-state index contributed by atoms with van der Waals surface area (Å²) in [6, 6.07) is 29.7. The Morgan fingerprint density at radius 3 is 2.12 bits per heavy atom. The van der Waals surface area contributed by atoms with Crippen LogP contribution in [0.1, 0.15) is 87.1 Å². The van der Waals surface area contributed by atoms with Gasteiger partial charge in [0.05, 0.1) is 5.60 Å². The van der Waals surface area contributed by atoms with Crippen molar-refractivity contribution in [1.82, 2.24) is 0 Å². The van der Waals surface area contributed by atoms with Crippen molar-refractivity contribution >= 4 is 17.1 Å². The Labute approximate surface area is 246 Å². The number of para-hydroxylation sites is 1. The zero-order valence-electron chi connectivity index (χ0n) is 25.2. The van der Waals surface area contributed by atoms with Gasteiger partial charge < -0.3 is 20.1 Å². The van der Waals surface area contributed by atoms with Crippen LogP contribution >= 0.6 is 0 Å². The molecule has 0 radical (unpaired) electrons. The number of anilines is 3. The fraction of sp³-hybridized carbons (Fsp3) is 0.351. The molecule has 1 heterocycles. The van der Waals surface area contributed by atoms with Crippen LogP contribution in [0.2, 0.25) is 0 Å². The zero-order valence-corrected chi connectivity index (χ0v) is 25.2. The third-order valence-electron chi connectivity index (χ3n) is 8.11. The van der Waals surface area contributed by atoms with E-state index in [1.807, 2.05) is 44.2 Å². The maximum atomic E-state index is 11.2. The van der Waals surface area contributed by atoms with Crippen molar-refractivity contribution in [2.75, 3.05) is 23.3 Å². The van der Waals surface area contributed by atoms with Crippen LogP contribution in [-0.2, 0) is 5.60 Å². The molecule has 0 amide bonds. The first kappa shape index (κ1) is 28.8. The molecule has 41 heavy (non-hydrogen) atoms. The molecule has 0 spiro atoms. The van der Waals surface area contributed by atoms with Crippen molar-refractivity contribution in [1.29, 1.82) is 0 Å². The predicted molar refractivity (Wildman–Crippen MR) is 172 cm³/mol. The number of hydrogen-bond donors (Lipinski definition) is 2. The fourth-order valence-corrected chi connectivity index (χ4v) is 5.87. The van der Waals surface area contributed by atoms with Crippen LogP contribution in [0.25, 0.3) is 0 Å². The van der Waals surface area contributed by atoms with Crippen molar-refractivity contribution in [2.45, 2.75) is 71.8 Å². The maximum absolute atomic E-state index is 11.2. The van der Waals surface area contributed by atoms with E-state index in [9.17, 15) is 5.11 Å². The van der Waals surface area contributed by atoms with E-state index in [-0.39, 0.29) is 5.92 Å². The van der Waals surface area contributed by atoms with Crippen LogP contribution in [0.5, 0.6) is 11.5 Å². The van der Waals surface area contributed by atoms with Gasteiger partial charge in [0.15, 0.2) is 0 Å². The number of aliphatic hydroxyl groups is 1. The molecule has 4 aromatic carbocycles. The Morgan fingerprint density at radius 1 is 0.780 bits per heavy atom. The number of benzene rings is 4. The molecule has 0 saturated heterocycles. The van der Waals surface area contributed by atoms with E-state index < -0.39 is 5.60 Å². The lowest BCUT2D eigenvalue weighted by atomic mass is 9.77. The van der Waals surface area contributed by atoms with Crippen LogP contribution in [0.3, 0.4) is 0 Å². The van der Waals surface area contributed by atoms with Crippen molar-refractivity contribution in [3.8, 4) is 11.5 Å². The van der Waals surface area contributed by atoms with Gasteiger partial charge in [-0.3, -0.25) is 0 Å². The van der Waals surface area contributed by atoms with Gasteiger partial charge in [-0.2, -0.15) is 0 Å². The van der Waals surface area contributed by atoms with Gasteiger partial charge in [-0.25, -0.2) is 0 Å². The molecule has 0 aliphatic carbocycles. The summed E-state index contributed by atoms with van der Waals surface area (Å²) in [4.78, 5) is 2.50. The molecule has 4 heteroatoms. The first-order valence-corrected chi connectivity index (χ1v) is 15.1. The van der Waals surface area contributed by atoms with Gasteiger partial charge in [-0.1, -0.05) is 75.2 Å². The second kappa shape index (κ2) is 12.4. The molecule has 1 aliphatic rings. The molecule has 0 fully saturated rings. The molecule has 2 N–H and O–H groups in total. The minimum atomic E-state index is -0.984. The van der Waals surface area contributed by atoms with Gasteiger partial charge in [0.25, 0.3) is 0 Å². The van der Waals surface area contributed by atoms with Crippen molar-refractivity contribution in [3.63, 3.8) is 0 Å². The lowest BCUT2D eigenvalue weighted by Crippen LogP contribution is -2.26. The number of ether oxygens (including phenoxy) is 1. The van der Waals surface area contributed by atoms with E-state index in [0.717, 1.165) is 63.8 Å². The molecule has 4 nitrogen and oxygen atoms in total. The van der Waals surface area contributed by atoms with Gasteiger partial charge in [0.1, 0.15) is 11.5 Å². The average Bonchev–Trinajstić information content (AvgIpc) is 2.96. The standard InChI is InChI=1S/C37H44N2O2/c1-6-8-21-39(22-9-7-2)28-19-20-30-35(24-28)41-34-23-26(3)33(38-27-15-11-10-12-16-27)25-31(34)36(30)29-17-13-14-18-32(29)37(4,5)40/h10-20,23-25,36,38,40H,6-9,21-22H2,1-5H3. The highest BCUT2D eigenvalue weighted by Crippen LogP contribution is 2.51. The summed E-state index contributed by atoms with van der Waals surface area (Å²) < 4.78 is 6.72. The Kier molecular flexibility index (Phi) is 8.70. The van der Waals surface area contributed by atoms with Crippen molar-refractivity contribution in [3.05, 3.63) is 113 Å². The summed E-state index contributed by atoms with van der Waals surface area (Å²) in [5.74, 6) is 1.68. The Morgan fingerprint density at radius 2 is 1.44 bits per heavy atom. The molecule has 0 bridgehead atoms. The number of fused-ring (bicyclic) bond motifs is 2. The van der Waals surface area contributed by atoms with Crippen molar-refractivity contribution in [2.24, 2.45) is 0 Å². The number of rotatable bonds is 11. The minimum Gasteiger partial charge on any atom is -0.457 e. The van der Waals surface area contributed by atoms with E-state index in [1.165, 1.54) is 31.4 Å². The van der Waals surface area contributed by atoms with Crippen LogP contribution in [0.15, 0.2) is 84.9 Å². The first-order valence-electron chi connectivity index (χ1n) is 15.1. The summed E-state index contributed by atoms with van der Waals surface area (Å²) >= 11 is 0. The third-order valence-corrected chi connectivity index (χ3v) is 8.11. The fourth-order valence-electron chi connectivity index (χ4n) is 5.87. The van der Waals surface area contributed by atoms with Crippen LogP contribution < -0.4 is 15.0 Å². The molecule has 0 saturated carbocycles. The second-order valence-electron chi connectivity index (χ2n) is 11.8. The molecular weight excluding hydrogens is 504 g/mol. The van der Waals surface area contributed by atoms with Gasteiger partial charge in [-0.15, -0.1) is 0 Å². The molecule has 1 atom stereocenters. The van der Waals surface area contributed by atoms with E-state index in [0.29, 0.717) is 0 Å². The van der Waals surface area contributed by atoms with Crippen LogP contribution in [0.4, 0.5) is 17.1 Å². The Hall–Kier alpha value is -3.76. The second-order valence-corrected chi connectivity index (χ2v) is 11.8. The number of aryl methyl sites for hydroxylation is 1. The molecule has 214 valence electrons. The van der Waals surface area contributed by atoms with Gasteiger partial charge in [0, 0.05) is 53.3 Å². The highest BCUT2D eigenvalue weighted by atomic mass is 16.5. The van der Waals surface area contributed by atoms with E-state index in [4.69, 9.17) is 4.74 Å². The highest BCUT2D eigenvalue weighted by Gasteiger charge is 2.34. The first-order chi connectivity index (χ1) is 19.8. The summed E-state index contributed by atoms with van der Waals surface area (Å²) in [6.07, 6.45) is 4.68. The van der Waals surface area contributed by atoms with Gasteiger partial charge >= 0.3 is 0 Å². The summed E-state index contributed by atoms with van der Waals surface area (Å²) in [5.41, 5.74) is 7.69. The monoisotopic (exact) mass is 548 g/mol. The van der Waals surface area contributed by atoms with Gasteiger partial charge in [0.2, 0.25) is 0 Å². The molecule has 0 aromatic heterocycles. The molecular formula is C37H44N2O2. The predicted octanol–water partition coefficient (Wildman–Crippen LogP) is 9.66. The topological polar surface area (TPSA) is 44.7 Å². The smallest absolute Gasteiger partial charge is 0.133 e. The number of nitrogens with zero attached hydrogens (tertiary/aromatic N) is 1. The number of unbranched alkanes of at least 4 members (excludes halogenated alkanes) is 2. The lowest BCUT2D eigenvalue weighted by Gasteiger charge is -2.34. The maximum Gasteiger partial charge on any atom is 0.133 e. The van der Waals surface area contributed by atoms with E-state index in [1.54, 1.807) is 0 Å². The largest absolute Gasteiger partial charge is 0.457 e. The van der Waals surface area contributed by atoms with Crippen LogP contribution in [0, 0.1) is 6.92 Å². The third kappa shape index (κ3) is 6.28. The van der Waals surface area contributed by atoms with Crippen LogP contribution in [-0.4, -0.2) is 18.2 Å².